The largest absolute Gasteiger partial charge is 0.465 e. The number of esters is 1. The van der Waals surface area contributed by atoms with E-state index in [-0.39, 0.29) is 11.9 Å². The number of ether oxygens (including phenoxy) is 1. The molecule has 2 nitrogen and oxygen atoms in total. The summed E-state index contributed by atoms with van der Waals surface area (Å²) >= 11 is 0. The maximum absolute atomic E-state index is 11.7. The van der Waals surface area contributed by atoms with E-state index in [1.165, 1.54) is 29.4 Å². The molecule has 3 aromatic rings. The van der Waals surface area contributed by atoms with E-state index in [1.807, 2.05) is 24.3 Å². The van der Waals surface area contributed by atoms with E-state index in [4.69, 9.17) is 4.74 Å². The van der Waals surface area contributed by atoms with Crippen molar-refractivity contribution in [1.82, 2.24) is 0 Å². The van der Waals surface area contributed by atoms with Gasteiger partial charge in [-0.3, -0.25) is 0 Å². The molecule has 0 atom stereocenters. The molecule has 0 bridgehead atoms. The minimum Gasteiger partial charge on any atom is -0.465 e. The Balaban J connectivity index is 2.05. The second kappa shape index (κ2) is 7.35. The Labute approximate surface area is 149 Å². The molecule has 0 spiro atoms. The Hall–Kier alpha value is -2.87. The van der Waals surface area contributed by atoms with E-state index in [0.717, 1.165) is 5.56 Å². The van der Waals surface area contributed by atoms with Gasteiger partial charge in [0.2, 0.25) is 0 Å². The zero-order valence-corrected chi connectivity index (χ0v) is 14.8. The molecular weight excluding hydrogens is 308 g/mol. The fourth-order valence-corrected chi connectivity index (χ4v) is 3.02. The van der Waals surface area contributed by atoms with Gasteiger partial charge in [-0.15, -0.1) is 0 Å². The minimum absolute atomic E-state index is 0.132. The number of aryl methyl sites for hydroxylation is 2. The van der Waals surface area contributed by atoms with Crippen molar-refractivity contribution in [2.75, 3.05) is 7.11 Å². The third-order valence-corrected chi connectivity index (χ3v) is 4.49. The average molecular weight is 330 g/mol. The maximum Gasteiger partial charge on any atom is 0.337 e. The zero-order valence-electron chi connectivity index (χ0n) is 14.8. The minimum atomic E-state index is -0.311. The van der Waals surface area contributed by atoms with Crippen LogP contribution in [-0.4, -0.2) is 13.1 Å². The van der Waals surface area contributed by atoms with Gasteiger partial charge < -0.3 is 4.74 Å². The van der Waals surface area contributed by atoms with E-state index < -0.39 is 0 Å². The van der Waals surface area contributed by atoms with Crippen LogP contribution in [0.2, 0.25) is 0 Å². The van der Waals surface area contributed by atoms with Gasteiger partial charge in [-0.25, -0.2) is 4.79 Å². The summed E-state index contributed by atoms with van der Waals surface area (Å²) in [5, 5.41) is 0. The molecular formula is C23H22O2. The maximum atomic E-state index is 11.7. The Kier molecular flexibility index (Phi) is 4.99. The van der Waals surface area contributed by atoms with Crippen LogP contribution in [0.25, 0.3) is 0 Å². The highest BCUT2D eigenvalue weighted by Gasteiger charge is 2.17. The van der Waals surface area contributed by atoms with Crippen molar-refractivity contribution >= 4 is 5.97 Å². The summed E-state index contributed by atoms with van der Waals surface area (Å²) in [5.41, 5.74) is 6.68. The predicted molar refractivity (Wildman–Crippen MR) is 101 cm³/mol. The van der Waals surface area contributed by atoms with E-state index in [0.29, 0.717) is 5.56 Å². The lowest BCUT2D eigenvalue weighted by atomic mass is 9.84. The number of hydrogen-bond donors (Lipinski definition) is 0. The van der Waals surface area contributed by atoms with Crippen molar-refractivity contribution in [3.63, 3.8) is 0 Å². The molecule has 0 aliphatic heterocycles. The molecule has 0 saturated carbocycles. The summed E-state index contributed by atoms with van der Waals surface area (Å²) in [6.45, 7) is 4.19. The highest BCUT2D eigenvalue weighted by Crippen LogP contribution is 2.32. The van der Waals surface area contributed by atoms with Gasteiger partial charge in [0.05, 0.1) is 12.7 Å². The summed E-state index contributed by atoms with van der Waals surface area (Å²) in [4.78, 5) is 11.7. The lowest BCUT2D eigenvalue weighted by Gasteiger charge is -2.19. The van der Waals surface area contributed by atoms with Crippen molar-refractivity contribution in [3.05, 3.63) is 106 Å². The van der Waals surface area contributed by atoms with Crippen molar-refractivity contribution in [1.29, 1.82) is 0 Å². The Bertz CT molecular complexity index is 799. The molecule has 0 unspecified atom stereocenters. The van der Waals surface area contributed by atoms with Crippen LogP contribution < -0.4 is 0 Å². The first-order valence-electron chi connectivity index (χ1n) is 8.40. The van der Waals surface area contributed by atoms with Gasteiger partial charge in [0, 0.05) is 5.92 Å². The lowest BCUT2D eigenvalue weighted by Crippen LogP contribution is -2.05. The van der Waals surface area contributed by atoms with E-state index >= 15 is 0 Å². The summed E-state index contributed by atoms with van der Waals surface area (Å²) in [7, 11) is 1.40. The van der Waals surface area contributed by atoms with Crippen LogP contribution in [0.5, 0.6) is 0 Å². The molecule has 0 aliphatic carbocycles. The summed E-state index contributed by atoms with van der Waals surface area (Å²) in [5.74, 6) is -0.179. The molecule has 0 amide bonds. The normalized spacial score (nSPS) is 10.7. The molecule has 0 heterocycles. The first kappa shape index (κ1) is 17.0. The van der Waals surface area contributed by atoms with Crippen molar-refractivity contribution in [3.8, 4) is 0 Å². The van der Waals surface area contributed by atoms with Crippen LogP contribution in [0.1, 0.15) is 44.1 Å². The fourth-order valence-electron chi connectivity index (χ4n) is 3.02. The highest BCUT2D eigenvalue weighted by atomic mass is 16.5. The average Bonchev–Trinajstić information content (AvgIpc) is 2.65. The van der Waals surface area contributed by atoms with Gasteiger partial charge in [0.25, 0.3) is 0 Å². The molecule has 0 aliphatic rings. The molecule has 0 saturated heterocycles. The van der Waals surface area contributed by atoms with Crippen LogP contribution in [-0.2, 0) is 4.74 Å². The SMILES string of the molecule is COC(=O)c1ccc(C(c2ccc(C)cc2)c2ccc(C)cc2)cc1. The van der Waals surface area contributed by atoms with Crippen LogP contribution in [0.4, 0.5) is 0 Å². The first-order valence-corrected chi connectivity index (χ1v) is 8.40. The predicted octanol–water partition coefficient (Wildman–Crippen LogP) is 5.27. The summed E-state index contributed by atoms with van der Waals surface area (Å²) < 4.78 is 4.79. The Morgan fingerprint density at radius 1 is 0.680 bits per heavy atom. The van der Waals surface area contributed by atoms with Crippen molar-refractivity contribution in [2.24, 2.45) is 0 Å². The molecule has 0 N–H and O–H groups in total. The highest BCUT2D eigenvalue weighted by molar-refractivity contribution is 5.89. The van der Waals surface area contributed by atoms with Gasteiger partial charge >= 0.3 is 5.97 Å². The van der Waals surface area contributed by atoms with Crippen molar-refractivity contribution in [2.45, 2.75) is 19.8 Å². The second-order valence-electron chi connectivity index (χ2n) is 6.37. The molecule has 0 aromatic heterocycles. The van der Waals surface area contributed by atoms with E-state index in [9.17, 15) is 4.79 Å². The van der Waals surface area contributed by atoms with Crippen LogP contribution in [0.3, 0.4) is 0 Å². The van der Waals surface area contributed by atoms with Crippen LogP contribution in [0, 0.1) is 13.8 Å². The zero-order chi connectivity index (χ0) is 17.8. The van der Waals surface area contributed by atoms with E-state index in [2.05, 4.69) is 62.4 Å². The summed E-state index contributed by atoms with van der Waals surface area (Å²) in [6.07, 6.45) is 0. The molecule has 2 heteroatoms. The Morgan fingerprint density at radius 3 is 1.40 bits per heavy atom. The molecule has 3 aromatic carbocycles. The number of methoxy groups -OCH3 is 1. The molecule has 25 heavy (non-hydrogen) atoms. The summed E-state index contributed by atoms with van der Waals surface area (Å²) in [6, 6.07) is 24.9. The molecule has 0 radical (unpaired) electrons. The molecule has 0 fully saturated rings. The topological polar surface area (TPSA) is 26.3 Å². The van der Waals surface area contributed by atoms with Gasteiger partial charge in [-0.05, 0) is 42.7 Å². The third kappa shape index (κ3) is 3.80. The van der Waals surface area contributed by atoms with Gasteiger partial charge in [-0.2, -0.15) is 0 Å². The first-order chi connectivity index (χ1) is 12.1. The van der Waals surface area contributed by atoms with E-state index in [1.54, 1.807) is 0 Å². The third-order valence-electron chi connectivity index (χ3n) is 4.49. The standard InChI is InChI=1S/C23H22O2/c1-16-4-8-18(9-5-16)22(19-10-6-17(2)7-11-19)20-12-14-21(15-13-20)23(24)25-3/h4-15,22H,1-3H3. The number of hydrogen-bond acceptors (Lipinski definition) is 2. The quantitative estimate of drug-likeness (QED) is 0.481. The van der Waals surface area contributed by atoms with Gasteiger partial charge in [0.1, 0.15) is 0 Å². The molecule has 3 rings (SSSR count). The number of carbonyl (C=O) groups excluding carboxylic acids is 1. The Morgan fingerprint density at radius 2 is 1.04 bits per heavy atom. The van der Waals surface area contributed by atoms with Gasteiger partial charge in [0.15, 0.2) is 0 Å². The molecule has 126 valence electrons. The number of carbonyl (C=O) groups is 1. The second-order valence-corrected chi connectivity index (χ2v) is 6.37. The van der Waals surface area contributed by atoms with Crippen molar-refractivity contribution < 1.29 is 9.53 Å². The lowest BCUT2D eigenvalue weighted by molar-refractivity contribution is 0.0600. The van der Waals surface area contributed by atoms with Crippen LogP contribution in [0.15, 0.2) is 72.8 Å². The monoisotopic (exact) mass is 330 g/mol. The number of rotatable bonds is 4. The van der Waals surface area contributed by atoms with Gasteiger partial charge in [-0.1, -0.05) is 71.8 Å². The number of benzene rings is 3. The van der Waals surface area contributed by atoms with Crippen LogP contribution >= 0.6 is 0 Å². The fraction of sp³-hybridized carbons (Fsp3) is 0.174. The smallest absolute Gasteiger partial charge is 0.337 e.